The number of rotatable bonds is 9. The van der Waals surface area contributed by atoms with Gasteiger partial charge in [0.25, 0.3) is 0 Å². The lowest BCUT2D eigenvalue weighted by molar-refractivity contribution is -0.139. The normalized spacial score (nSPS) is 11.9. The van der Waals surface area contributed by atoms with Crippen LogP contribution in [0.1, 0.15) is 25.0 Å². The molecule has 0 amide bonds. The van der Waals surface area contributed by atoms with E-state index in [4.69, 9.17) is 9.84 Å². The van der Waals surface area contributed by atoms with Crippen molar-refractivity contribution >= 4 is 23.3 Å². The number of aliphatic carboxylic acids is 1. The van der Waals surface area contributed by atoms with E-state index in [2.05, 4.69) is 42.5 Å². The van der Waals surface area contributed by atoms with E-state index in [0.717, 1.165) is 32.7 Å². The molecule has 0 heterocycles. The summed E-state index contributed by atoms with van der Waals surface area (Å²) in [5.74, 6) is 0.265. The van der Waals surface area contributed by atoms with E-state index >= 15 is 0 Å². The molecule has 0 fully saturated rings. The molecule has 0 bridgehead atoms. The van der Waals surface area contributed by atoms with Gasteiger partial charge in [-0.25, -0.2) is 4.79 Å². The summed E-state index contributed by atoms with van der Waals surface area (Å²) in [7, 11) is 0. The van der Waals surface area contributed by atoms with Gasteiger partial charge in [0.1, 0.15) is 5.75 Å². The van der Waals surface area contributed by atoms with Gasteiger partial charge < -0.3 is 14.9 Å². The summed E-state index contributed by atoms with van der Waals surface area (Å²) in [6.07, 6.45) is 2.06. The highest BCUT2D eigenvalue weighted by molar-refractivity contribution is 7.99. The standard InChI is InChI=1S/C27H28O4S/c1-19-17-23(13-14-25(19)31-18-26(28)29)32-16-15-24(27(2,3)30)22-11-9-21(10-12-22)20-7-5-4-6-8-20/h4-15,17,30H,16,18H2,1-3H3,(H,28,29)/b24-15-. The number of carbonyl (C=O) groups is 1. The minimum absolute atomic E-state index is 0.353. The molecule has 0 radical (unpaired) electrons. The van der Waals surface area contributed by atoms with Crippen LogP contribution in [0.3, 0.4) is 0 Å². The number of thioether (sulfide) groups is 1. The van der Waals surface area contributed by atoms with Gasteiger partial charge in [0.05, 0.1) is 5.60 Å². The monoisotopic (exact) mass is 448 g/mol. The maximum absolute atomic E-state index is 10.8. The van der Waals surface area contributed by atoms with E-state index in [1.807, 2.05) is 37.3 Å². The van der Waals surface area contributed by atoms with Crippen LogP contribution in [0.25, 0.3) is 16.7 Å². The molecule has 0 spiro atoms. The van der Waals surface area contributed by atoms with E-state index in [0.29, 0.717) is 11.5 Å². The lowest BCUT2D eigenvalue weighted by Crippen LogP contribution is -2.21. The average Bonchev–Trinajstić information content (AvgIpc) is 2.76. The smallest absolute Gasteiger partial charge is 0.341 e. The molecule has 32 heavy (non-hydrogen) atoms. The molecule has 166 valence electrons. The van der Waals surface area contributed by atoms with Gasteiger partial charge in [-0.05, 0) is 66.8 Å². The van der Waals surface area contributed by atoms with E-state index in [-0.39, 0.29) is 6.61 Å². The third kappa shape index (κ3) is 6.49. The number of ether oxygens (including phenoxy) is 1. The van der Waals surface area contributed by atoms with Crippen molar-refractivity contribution < 1.29 is 19.7 Å². The molecule has 2 N–H and O–H groups in total. The SMILES string of the molecule is Cc1cc(SC/C=C(/c2ccc(-c3ccccc3)cc2)C(C)(C)O)ccc1OCC(=O)O. The van der Waals surface area contributed by atoms with Gasteiger partial charge in [0.2, 0.25) is 0 Å². The molecule has 3 aromatic rings. The molecule has 0 aliphatic heterocycles. The third-order valence-electron chi connectivity index (χ3n) is 5.00. The Hall–Kier alpha value is -3.02. The zero-order chi connectivity index (χ0) is 23.1. The second-order valence-corrected chi connectivity index (χ2v) is 9.13. The van der Waals surface area contributed by atoms with Gasteiger partial charge in [0, 0.05) is 10.6 Å². The van der Waals surface area contributed by atoms with Crippen LogP contribution in [-0.4, -0.2) is 34.1 Å². The number of aliphatic hydroxyl groups is 1. The van der Waals surface area contributed by atoms with E-state index in [1.165, 1.54) is 0 Å². The fourth-order valence-corrected chi connectivity index (χ4v) is 4.29. The van der Waals surface area contributed by atoms with Gasteiger partial charge in [-0.2, -0.15) is 0 Å². The van der Waals surface area contributed by atoms with E-state index < -0.39 is 11.6 Å². The fraction of sp³-hybridized carbons (Fsp3) is 0.222. The minimum atomic E-state index is -0.996. The maximum atomic E-state index is 10.8. The summed E-state index contributed by atoms with van der Waals surface area (Å²) in [6, 6.07) is 24.2. The predicted octanol–water partition coefficient (Wildman–Crippen LogP) is 6.07. The molecule has 0 saturated heterocycles. The first-order valence-electron chi connectivity index (χ1n) is 10.4. The fourth-order valence-electron chi connectivity index (χ4n) is 3.43. The van der Waals surface area contributed by atoms with E-state index in [9.17, 15) is 9.90 Å². The highest BCUT2D eigenvalue weighted by atomic mass is 32.2. The summed E-state index contributed by atoms with van der Waals surface area (Å²) in [5, 5.41) is 19.5. The first-order valence-corrected chi connectivity index (χ1v) is 11.4. The minimum Gasteiger partial charge on any atom is -0.482 e. The largest absolute Gasteiger partial charge is 0.482 e. The van der Waals surface area contributed by atoms with Crippen LogP contribution < -0.4 is 4.74 Å². The van der Waals surface area contributed by atoms with Crippen LogP contribution in [0.4, 0.5) is 0 Å². The number of carboxylic acid groups (broad SMARTS) is 1. The van der Waals surface area contributed by atoms with Crippen LogP contribution in [0, 0.1) is 6.92 Å². The molecule has 0 atom stereocenters. The Morgan fingerprint density at radius 3 is 2.25 bits per heavy atom. The van der Waals surface area contributed by atoms with Crippen LogP contribution in [0.2, 0.25) is 0 Å². The summed E-state index contributed by atoms with van der Waals surface area (Å²) in [5.41, 5.74) is 4.09. The second kappa shape index (κ2) is 10.5. The lowest BCUT2D eigenvalue weighted by Gasteiger charge is -2.23. The molecule has 3 rings (SSSR count). The Labute approximate surface area is 193 Å². The molecule has 3 aromatic carbocycles. The van der Waals surface area contributed by atoms with Gasteiger partial charge in [-0.3, -0.25) is 0 Å². The Bertz CT molecular complexity index is 1080. The Kier molecular flexibility index (Phi) is 7.78. The molecule has 0 unspecified atom stereocenters. The highest BCUT2D eigenvalue weighted by Gasteiger charge is 2.20. The molecule has 0 aliphatic rings. The van der Waals surface area contributed by atoms with Crippen molar-refractivity contribution in [2.75, 3.05) is 12.4 Å². The van der Waals surface area contributed by atoms with Gasteiger partial charge >= 0.3 is 5.97 Å². The van der Waals surface area contributed by atoms with Crippen molar-refractivity contribution in [3.05, 3.63) is 90.0 Å². The van der Waals surface area contributed by atoms with Gasteiger partial charge in [-0.15, -0.1) is 11.8 Å². The number of benzene rings is 3. The summed E-state index contributed by atoms with van der Waals surface area (Å²) >= 11 is 1.65. The first kappa shape index (κ1) is 23.6. The van der Waals surface area contributed by atoms with Gasteiger partial charge in [0.15, 0.2) is 6.61 Å². The van der Waals surface area contributed by atoms with Crippen molar-refractivity contribution in [2.45, 2.75) is 31.3 Å². The Morgan fingerprint density at radius 1 is 1.00 bits per heavy atom. The number of aryl methyl sites for hydroxylation is 1. The second-order valence-electron chi connectivity index (χ2n) is 8.04. The molecule has 0 aromatic heterocycles. The van der Waals surface area contributed by atoms with Crippen molar-refractivity contribution in [3.8, 4) is 16.9 Å². The molecule has 4 nitrogen and oxygen atoms in total. The van der Waals surface area contributed by atoms with Gasteiger partial charge in [-0.1, -0.05) is 60.7 Å². The summed E-state index contributed by atoms with van der Waals surface area (Å²) in [6.45, 7) is 5.14. The topological polar surface area (TPSA) is 66.8 Å². The molecule has 0 saturated carbocycles. The summed E-state index contributed by atoms with van der Waals surface area (Å²) < 4.78 is 5.29. The van der Waals surface area contributed by atoms with Crippen LogP contribution in [0.15, 0.2) is 83.8 Å². The van der Waals surface area contributed by atoms with E-state index in [1.54, 1.807) is 31.7 Å². The third-order valence-corrected chi connectivity index (χ3v) is 5.92. The molecule has 0 aliphatic carbocycles. The summed E-state index contributed by atoms with van der Waals surface area (Å²) in [4.78, 5) is 11.7. The number of carboxylic acids is 1. The van der Waals surface area contributed by atoms with Crippen LogP contribution >= 0.6 is 11.8 Å². The number of hydrogen-bond acceptors (Lipinski definition) is 4. The Morgan fingerprint density at radius 2 is 1.66 bits per heavy atom. The van der Waals surface area contributed by atoms with Crippen molar-refractivity contribution in [1.82, 2.24) is 0 Å². The zero-order valence-corrected chi connectivity index (χ0v) is 19.4. The average molecular weight is 449 g/mol. The quantitative estimate of drug-likeness (QED) is 0.389. The zero-order valence-electron chi connectivity index (χ0n) is 18.5. The Balaban J connectivity index is 1.72. The number of hydrogen-bond donors (Lipinski definition) is 2. The molecule has 5 heteroatoms. The molecular formula is C27H28O4S. The first-order chi connectivity index (χ1) is 15.2. The highest BCUT2D eigenvalue weighted by Crippen LogP contribution is 2.31. The van der Waals surface area contributed by atoms with Crippen molar-refractivity contribution in [3.63, 3.8) is 0 Å². The van der Waals surface area contributed by atoms with Crippen LogP contribution in [-0.2, 0) is 4.79 Å². The maximum Gasteiger partial charge on any atom is 0.341 e. The van der Waals surface area contributed by atoms with Crippen LogP contribution in [0.5, 0.6) is 5.75 Å². The predicted molar refractivity (Wildman–Crippen MR) is 131 cm³/mol. The lowest BCUT2D eigenvalue weighted by atomic mass is 9.90. The van der Waals surface area contributed by atoms with Crippen molar-refractivity contribution in [2.24, 2.45) is 0 Å². The molecular weight excluding hydrogens is 420 g/mol. The van der Waals surface area contributed by atoms with Crippen molar-refractivity contribution in [1.29, 1.82) is 0 Å².